The molecule has 0 spiro atoms. The molecule has 10 nitrogen and oxygen atoms in total. The summed E-state index contributed by atoms with van der Waals surface area (Å²) in [5.74, 6) is 2.34. The average molecular weight is 795 g/mol. The number of H-pyrrole nitrogens is 2. The Kier molecular flexibility index (Phi) is 12.7. The first-order chi connectivity index (χ1) is 28.9. The maximum Gasteiger partial charge on any atom is 0.245 e. The SMILES string of the molecule is CCN(CC)[C@@H](C(=O)N1CCCC1c1ncc(-c2ccc(-c3ccc(-c4cnc([C@@H]5CCCN5C(=O)[C@H]5CC[C@@H](N(CC)CC)CC5)[nH]4)cc3)cc2)[nH]1)c1ccccc1. The number of imidazole rings is 2. The first kappa shape index (κ1) is 40.7. The van der Waals surface area contributed by atoms with Gasteiger partial charge in [0.25, 0.3) is 0 Å². The van der Waals surface area contributed by atoms with Crippen LogP contribution in [0.15, 0.2) is 91.3 Å². The lowest BCUT2D eigenvalue weighted by Crippen LogP contribution is -2.43. The molecule has 4 heterocycles. The van der Waals surface area contributed by atoms with Crippen LogP contribution in [0.4, 0.5) is 0 Å². The summed E-state index contributed by atoms with van der Waals surface area (Å²) in [7, 11) is 0. The second-order valence-electron chi connectivity index (χ2n) is 16.7. The van der Waals surface area contributed by atoms with E-state index in [-0.39, 0.29) is 30.0 Å². The summed E-state index contributed by atoms with van der Waals surface area (Å²) >= 11 is 0. The van der Waals surface area contributed by atoms with Crippen LogP contribution in [-0.2, 0) is 9.59 Å². The van der Waals surface area contributed by atoms with Gasteiger partial charge in [-0.05, 0) is 105 Å². The molecule has 0 bridgehead atoms. The molecule has 1 saturated carbocycles. The topological polar surface area (TPSA) is 104 Å². The Morgan fingerprint density at radius 2 is 1.12 bits per heavy atom. The molecule has 310 valence electrons. The lowest BCUT2D eigenvalue weighted by molar-refractivity contribution is -0.139. The summed E-state index contributed by atoms with van der Waals surface area (Å²) in [6.45, 7) is 14.0. The van der Waals surface area contributed by atoms with E-state index >= 15 is 0 Å². The first-order valence-electron chi connectivity index (χ1n) is 22.4. The molecule has 3 aliphatic rings. The molecule has 3 fully saturated rings. The van der Waals surface area contributed by atoms with E-state index in [1.54, 1.807) is 0 Å². The van der Waals surface area contributed by atoms with E-state index in [0.29, 0.717) is 11.9 Å². The summed E-state index contributed by atoms with van der Waals surface area (Å²) in [6.07, 6.45) is 11.8. The molecule has 1 unspecified atom stereocenters. The van der Waals surface area contributed by atoms with Crippen molar-refractivity contribution in [3.63, 3.8) is 0 Å². The van der Waals surface area contributed by atoms with Crippen molar-refractivity contribution in [3.05, 3.63) is 108 Å². The van der Waals surface area contributed by atoms with Gasteiger partial charge in [-0.15, -0.1) is 0 Å². The van der Waals surface area contributed by atoms with Crippen LogP contribution in [0.3, 0.4) is 0 Å². The van der Waals surface area contributed by atoms with Crippen molar-refractivity contribution in [2.45, 2.75) is 103 Å². The number of hydrogen-bond donors (Lipinski definition) is 2. The van der Waals surface area contributed by atoms with Crippen molar-refractivity contribution in [1.29, 1.82) is 0 Å². The van der Waals surface area contributed by atoms with Crippen molar-refractivity contribution in [1.82, 2.24) is 39.5 Å². The van der Waals surface area contributed by atoms with Crippen LogP contribution in [-0.4, -0.2) is 96.7 Å². The van der Waals surface area contributed by atoms with Gasteiger partial charge in [-0.3, -0.25) is 14.5 Å². The molecule has 2 aromatic heterocycles. The van der Waals surface area contributed by atoms with Crippen molar-refractivity contribution in [2.24, 2.45) is 5.92 Å². The van der Waals surface area contributed by atoms with Crippen molar-refractivity contribution in [3.8, 4) is 33.6 Å². The highest BCUT2D eigenvalue weighted by atomic mass is 16.2. The third kappa shape index (κ3) is 8.53. The second-order valence-corrected chi connectivity index (χ2v) is 16.7. The zero-order valence-electron chi connectivity index (χ0n) is 35.4. The van der Waals surface area contributed by atoms with E-state index in [0.717, 1.165) is 141 Å². The monoisotopic (exact) mass is 794 g/mol. The number of nitrogens with zero attached hydrogens (tertiary/aromatic N) is 6. The molecule has 2 aliphatic heterocycles. The van der Waals surface area contributed by atoms with Crippen molar-refractivity contribution >= 4 is 11.8 Å². The van der Waals surface area contributed by atoms with Crippen LogP contribution in [0.5, 0.6) is 0 Å². The summed E-state index contributed by atoms with van der Waals surface area (Å²) in [4.78, 5) is 53.8. The van der Waals surface area contributed by atoms with E-state index in [1.807, 2.05) is 35.5 Å². The fourth-order valence-corrected chi connectivity index (χ4v) is 10.2. The van der Waals surface area contributed by atoms with Crippen LogP contribution in [0.2, 0.25) is 0 Å². The molecule has 1 aliphatic carbocycles. The third-order valence-electron chi connectivity index (χ3n) is 13.5. The number of likely N-dealkylation sites (N-methyl/N-ethyl adjacent to an activating group) is 1. The number of hydrogen-bond acceptors (Lipinski definition) is 6. The Labute approximate surface area is 350 Å². The highest BCUT2D eigenvalue weighted by molar-refractivity contribution is 5.84. The second kappa shape index (κ2) is 18.5. The number of benzene rings is 3. The Morgan fingerprint density at radius 3 is 1.63 bits per heavy atom. The maximum atomic E-state index is 14.2. The number of aromatic nitrogens is 4. The van der Waals surface area contributed by atoms with Crippen LogP contribution in [0, 0.1) is 5.92 Å². The molecule has 10 heteroatoms. The first-order valence-corrected chi connectivity index (χ1v) is 22.4. The van der Waals surface area contributed by atoms with E-state index in [2.05, 4.69) is 113 Å². The zero-order valence-corrected chi connectivity index (χ0v) is 35.4. The Morgan fingerprint density at radius 1 is 0.627 bits per heavy atom. The lowest BCUT2D eigenvalue weighted by Gasteiger charge is -2.37. The van der Waals surface area contributed by atoms with E-state index in [9.17, 15) is 9.59 Å². The normalized spacial score (nSPS) is 21.5. The molecule has 3 aromatic carbocycles. The van der Waals surface area contributed by atoms with E-state index < -0.39 is 0 Å². The molecule has 3 atom stereocenters. The molecular formula is C49H62N8O2. The Hall–Kier alpha value is -5.06. The fraction of sp³-hybridized carbons (Fsp3) is 0.469. The van der Waals surface area contributed by atoms with Crippen LogP contribution < -0.4 is 0 Å². The van der Waals surface area contributed by atoms with Crippen molar-refractivity contribution < 1.29 is 9.59 Å². The summed E-state index contributed by atoms with van der Waals surface area (Å²) < 4.78 is 0. The molecule has 2 amide bonds. The number of amides is 2. The van der Waals surface area contributed by atoms with Crippen LogP contribution >= 0.6 is 0 Å². The minimum absolute atomic E-state index is 0.0182. The van der Waals surface area contributed by atoms with Crippen molar-refractivity contribution in [2.75, 3.05) is 39.3 Å². The van der Waals surface area contributed by atoms with Gasteiger partial charge in [0.1, 0.15) is 17.7 Å². The lowest BCUT2D eigenvalue weighted by atomic mass is 9.84. The van der Waals surface area contributed by atoms with Gasteiger partial charge in [-0.1, -0.05) is 107 Å². The highest BCUT2D eigenvalue weighted by Gasteiger charge is 2.39. The molecule has 0 radical (unpaired) electrons. The molecule has 8 rings (SSSR count). The van der Waals surface area contributed by atoms with Gasteiger partial charge in [-0.2, -0.15) is 0 Å². The van der Waals surface area contributed by atoms with E-state index in [1.165, 1.54) is 0 Å². The van der Waals surface area contributed by atoms with Gasteiger partial charge >= 0.3 is 0 Å². The fourth-order valence-electron chi connectivity index (χ4n) is 10.2. The number of likely N-dealkylation sites (tertiary alicyclic amines) is 2. The molecule has 2 N–H and O–H groups in total. The maximum absolute atomic E-state index is 14.2. The van der Waals surface area contributed by atoms with Gasteiger partial charge in [0, 0.05) is 25.0 Å². The van der Waals surface area contributed by atoms with E-state index in [4.69, 9.17) is 9.97 Å². The standard InChI is InChI=1S/C49H62N8O2/c1-5-54(6-2)40-28-26-39(27-29-40)48(58)56-30-12-16-43(56)46-50-32-41(52-46)36-22-18-34(19-23-36)35-20-24-37(25-21-35)42-33-51-47(53-42)44-17-13-31-57(44)49(59)45(55(7-3)8-4)38-14-10-9-11-15-38/h9-11,14-15,18-25,32-33,39-40,43-45H,5-8,12-13,16-17,26-31H2,1-4H3,(H,50,52)(H,51,53)/t39-,40+,43-,44?,45+/m0/s1. The number of carbonyl (C=O) groups excluding carboxylic acids is 2. The average Bonchev–Trinajstić information content (AvgIpc) is 4.14. The van der Waals surface area contributed by atoms with Gasteiger partial charge < -0.3 is 24.7 Å². The minimum atomic E-state index is -0.308. The Balaban J connectivity index is 0.900. The largest absolute Gasteiger partial charge is 0.340 e. The quantitative estimate of drug-likeness (QED) is 0.116. The summed E-state index contributed by atoms with van der Waals surface area (Å²) in [6, 6.07) is 27.6. The smallest absolute Gasteiger partial charge is 0.245 e. The van der Waals surface area contributed by atoms with Gasteiger partial charge in [0.05, 0.1) is 35.9 Å². The molecular weight excluding hydrogens is 733 g/mol. The summed E-state index contributed by atoms with van der Waals surface area (Å²) in [5, 5.41) is 0. The number of rotatable bonds is 14. The van der Waals surface area contributed by atoms with Crippen LogP contribution in [0.25, 0.3) is 33.6 Å². The van der Waals surface area contributed by atoms with Gasteiger partial charge in [0.15, 0.2) is 0 Å². The summed E-state index contributed by atoms with van der Waals surface area (Å²) in [5.41, 5.74) is 7.36. The van der Waals surface area contributed by atoms with Gasteiger partial charge in [0.2, 0.25) is 11.8 Å². The number of carbonyl (C=O) groups is 2. The van der Waals surface area contributed by atoms with Crippen LogP contribution in [0.1, 0.15) is 114 Å². The third-order valence-corrected chi connectivity index (χ3v) is 13.5. The molecule has 59 heavy (non-hydrogen) atoms. The minimum Gasteiger partial charge on any atom is -0.340 e. The predicted octanol–water partition coefficient (Wildman–Crippen LogP) is 9.44. The molecule has 5 aromatic rings. The number of aromatic amines is 2. The Bertz CT molecular complexity index is 2130. The number of nitrogens with one attached hydrogen (secondary N) is 2. The van der Waals surface area contributed by atoms with Gasteiger partial charge in [-0.25, -0.2) is 9.97 Å². The predicted molar refractivity (Wildman–Crippen MR) is 235 cm³/mol. The zero-order chi connectivity index (χ0) is 40.9. The molecule has 2 saturated heterocycles. The highest BCUT2D eigenvalue weighted by Crippen LogP contribution is 2.38.